The maximum atomic E-state index is 12.7. The Hall–Kier alpha value is -0.770. The van der Waals surface area contributed by atoms with Gasteiger partial charge in [0, 0.05) is 28.8 Å². The van der Waals surface area contributed by atoms with E-state index < -0.39 is 0 Å². The number of amides is 1. The summed E-state index contributed by atoms with van der Waals surface area (Å²) in [4.78, 5) is 14.7. The van der Waals surface area contributed by atoms with Crippen molar-refractivity contribution in [2.75, 3.05) is 6.54 Å². The van der Waals surface area contributed by atoms with Crippen molar-refractivity contribution in [2.24, 2.45) is 0 Å². The minimum atomic E-state index is 0.00219. The van der Waals surface area contributed by atoms with Crippen molar-refractivity contribution in [1.82, 2.24) is 9.47 Å². The quantitative estimate of drug-likeness (QED) is 0.819. The molecule has 1 aliphatic heterocycles. The van der Waals surface area contributed by atoms with Gasteiger partial charge in [-0.3, -0.25) is 4.79 Å². The zero-order valence-corrected chi connectivity index (χ0v) is 12.5. The standard InChI is InChI=1S/C14H19BrN2O/c1-14(2)6-3-7-17(14)13(18)12-8-10(15)9-16(12)11-4-5-11/h8-9,11H,3-7H2,1-2H3. The number of hydrogen-bond acceptors (Lipinski definition) is 1. The minimum absolute atomic E-state index is 0.00219. The Bertz CT molecular complexity index is 488. The number of hydrogen-bond donors (Lipinski definition) is 0. The van der Waals surface area contributed by atoms with Crippen molar-refractivity contribution < 1.29 is 4.79 Å². The van der Waals surface area contributed by atoms with E-state index in [1.165, 1.54) is 12.8 Å². The van der Waals surface area contributed by atoms with Gasteiger partial charge in [0.25, 0.3) is 5.91 Å². The van der Waals surface area contributed by atoms with Crippen molar-refractivity contribution in [3.63, 3.8) is 0 Å². The topological polar surface area (TPSA) is 25.2 Å². The molecule has 0 atom stereocenters. The molecule has 0 spiro atoms. The van der Waals surface area contributed by atoms with E-state index in [-0.39, 0.29) is 11.4 Å². The van der Waals surface area contributed by atoms with Gasteiger partial charge >= 0.3 is 0 Å². The monoisotopic (exact) mass is 310 g/mol. The molecule has 98 valence electrons. The summed E-state index contributed by atoms with van der Waals surface area (Å²) in [7, 11) is 0. The maximum absolute atomic E-state index is 12.7. The Morgan fingerprint density at radius 3 is 2.72 bits per heavy atom. The Morgan fingerprint density at radius 2 is 2.17 bits per heavy atom. The van der Waals surface area contributed by atoms with Crippen LogP contribution in [-0.2, 0) is 0 Å². The number of likely N-dealkylation sites (tertiary alicyclic amines) is 1. The largest absolute Gasteiger partial charge is 0.339 e. The fourth-order valence-corrected chi connectivity index (χ4v) is 3.33. The molecule has 3 nitrogen and oxygen atoms in total. The highest BCUT2D eigenvalue weighted by Gasteiger charge is 2.38. The lowest BCUT2D eigenvalue weighted by Crippen LogP contribution is -2.43. The van der Waals surface area contributed by atoms with Gasteiger partial charge in [-0.05, 0) is 61.5 Å². The molecule has 3 rings (SSSR count). The van der Waals surface area contributed by atoms with Gasteiger partial charge in [0.2, 0.25) is 0 Å². The van der Waals surface area contributed by atoms with E-state index in [0.717, 1.165) is 29.6 Å². The molecule has 0 bridgehead atoms. The van der Waals surface area contributed by atoms with E-state index in [2.05, 4.69) is 34.3 Å². The van der Waals surface area contributed by atoms with Crippen LogP contribution in [0.3, 0.4) is 0 Å². The van der Waals surface area contributed by atoms with Crippen molar-refractivity contribution in [3.05, 3.63) is 22.4 Å². The first-order valence-electron chi connectivity index (χ1n) is 6.68. The third kappa shape index (κ3) is 2.00. The predicted octanol–water partition coefficient (Wildman–Crippen LogP) is 3.60. The Morgan fingerprint density at radius 1 is 1.44 bits per heavy atom. The van der Waals surface area contributed by atoms with E-state index in [9.17, 15) is 4.79 Å². The summed E-state index contributed by atoms with van der Waals surface area (Å²) in [5.74, 6) is 0.190. The van der Waals surface area contributed by atoms with Crippen LogP contribution in [0.5, 0.6) is 0 Å². The van der Waals surface area contributed by atoms with Crippen LogP contribution in [0.25, 0.3) is 0 Å². The van der Waals surface area contributed by atoms with Gasteiger partial charge in [0.05, 0.1) is 0 Å². The smallest absolute Gasteiger partial charge is 0.270 e. The minimum Gasteiger partial charge on any atom is -0.339 e. The molecular formula is C14H19BrN2O. The molecule has 1 saturated carbocycles. The molecule has 0 N–H and O–H groups in total. The van der Waals surface area contributed by atoms with E-state index in [1.54, 1.807) is 0 Å². The molecular weight excluding hydrogens is 292 g/mol. The molecule has 1 aromatic heterocycles. The van der Waals surface area contributed by atoms with Gasteiger partial charge in [-0.15, -0.1) is 0 Å². The number of aromatic nitrogens is 1. The average molecular weight is 311 g/mol. The second-order valence-electron chi connectivity index (χ2n) is 6.05. The number of rotatable bonds is 2. The molecule has 2 fully saturated rings. The third-order valence-corrected chi connectivity index (χ3v) is 4.55. The van der Waals surface area contributed by atoms with Crippen LogP contribution in [0.1, 0.15) is 56.1 Å². The second kappa shape index (κ2) is 4.12. The lowest BCUT2D eigenvalue weighted by molar-refractivity contribution is 0.0640. The van der Waals surface area contributed by atoms with E-state index in [1.807, 2.05) is 17.2 Å². The summed E-state index contributed by atoms with van der Waals surface area (Å²) in [5.41, 5.74) is 0.849. The molecule has 18 heavy (non-hydrogen) atoms. The van der Waals surface area contributed by atoms with E-state index in [4.69, 9.17) is 0 Å². The van der Waals surface area contributed by atoms with Crippen LogP contribution >= 0.6 is 15.9 Å². The lowest BCUT2D eigenvalue weighted by Gasteiger charge is -2.31. The van der Waals surface area contributed by atoms with Gasteiger partial charge in [-0.2, -0.15) is 0 Å². The van der Waals surface area contributed by atoms with Crippen molar-refractivity contribution in [1.29, 1.82) is 0 Å². The average Bonchev–Trinajstić information content (AvgIpc) is 2.98. The highest BCUT2D eigenvalue weighted by atomic mass is 79.9. The normalized spacial score (nSPS) is 22.5. The van der Waals surface area contributed by atoms with Crippen molar-refractivity contribution in [2.45, 2.75) is 51.1 Å². The first kappa shape index (κ1) is 12.3. The molecule has 2 aliphatic rings. The third-order valence-electron chi connectivity index (χ3n) is 4.12. The fraction of sp³-hybridized carbons (Fsp3) is 0.643. The molecule has 2 heterocycles. The van der Waals surface area contributed by atoms with E-state index >= 15 is 0 Å². The van der Waals surface area contributed by atoms with Gasteiger partial charge in [-0.1, -0.05) is 0 Å². The lowest BCUT2D eigenvalue weighted by atomic mass is 10.0. The fourth-order valence-electron chi connectivity index (χ4n) is 2.89. The first-order valence-corrected chi connectivity index (χ1v) is 7.48. The van der Waals surface area contributed by atoms with E-state index in [0.29, 0.717) is 6.04 Å². The maximum Gasteiger partial charge on any atom is 0.270 e. The van der Waals surface area contributed by atoms with Crippen molar-refractivity contribution >= 4 is 21.8 Å². The summed E-state index contributed by atoms with van der Waals surface area (Å²) in [5, 5.41) is 0. The predicted molar refractivity (Wildman–Crippen MR) is 74.8 cm³/mol. The summed E-state index contributed by atoms with van der Waals surface area (Å²) in [6.45, 7) is 5.22. The SMILES string of the molecule is CC1(C)CCCN1C(=O)c1cc(Br)cn1C1CC1. The molecule has 0 radical (unpaired) electrons. The number of carbonyl (C=O) groups excluding carboxylic acids is 1. The summed E-state index contributed by atoms with van der Waals surface area (Å²) < 4.78 is 3.16. The molecule has 1 aliphatic carbocycles. The number of carbonyl (C=O) groups is 1. The Balaban J connectivity index is 1.92. The molecule has 4 heteroatoms. The highest BCUT2D eigenvalue weighted by molar-refractivity contribution is 9.10. The molecule has 1 amide bonds. The molecule has 1 aromatic rings. The molecule has 0 aromatic carbocycles. The zero-order valence-electron chi connectivity index (χ0n) is 10.9. The van der Waals surface area contributed by atoms with Crippen LogP contribution in [0.2, 0.25) is 0 Å². The van der Waals surface area contributed by atoms with Crippen molar-refractivity contribution in [3.8, 4) is 0 Å². The summed E-state index contributed by atoms with van der Waals surface area (Å²) >= 11 is 3.49. The second-order valence-corrected chi connectivity index (χ2v) is 6.97. The van der Waals surface area contributed by atoms with Crippen LogP contribution < -0.4 is 0 Å². The first-order chi connectivity index (χ1) is 8.49. The Kier molecular flexibility index (Phi) is 2.81. The van der Waals surface area contributed by atoms with Crippen LogP contribution in [0.15, 0.2) is 16.7 Å². The van der Waals surface area contributed by atoms with Gasteiger partial charge in [0.1, 0.15) is 5.69 Å². The van der Waals surface area contributed by atoms with Gasteiger partial charge in [0.15, 0.2) is 0 Å². The molecule has 0 unspecified atom stereocenters. The number of halogens is 1. The van der Waals surface area contributed by atoms with Crippen LogP contribution in [-0.4, -0.2) is 27.5 Å². The summed E-state index contributed by atoms with van der Waals surface area (Å²) in [6, 6.07) is 2.51. The zero-order chi connectivity index (χ0) is 12.9. The summed E-state index contributed by atoms with van der Waals surface area (Å²) in [6.07, 6.45) is 6.66. The van der Waals surface area contributed by atoms with Crippen LogP contribution in [0, 0.1) is 0 Å². The Labute approximate surface area is 116 Å². The molecule has 1 saturated heterocycles. The highest BCUT2D eigenvalue weighted by Crippen LogP contribution is 2.39. The number of nitrogens with zero attached hydrogens (tertiary/aromatic N) is 2. The van der Waals surface area contributed by atoms with Crippen LogP contribution in [0.4, 0.5) is 0 Å². The van der Waals surface area contributed by atoms with Gasteiger partial charge < -0.3 is 9.47 Å². The van der Waals surface area contributed by atoms with Gasteiger partial charge in [-0.25, -0.2) is 0 Å².